The van der Waals surface area contributed by atoms with Gasteiger partial charge in [-0.2, -0.15) is 0 Å². The molecule has 2 nitrogen and oxygen atoms in total. The molecule has 2 heterocycles. The SMILES string of the molecule is CCc1nc(C)c2occc2c1C(C)(C)CC. The topological polar surface area (TPSA) is 26.0 Å². The molecule has 2 aromatic heterocycles. The van der Waals surface area contributed by atoms with Crippen LogP contribution in [0.25, 0.3) is 11.0 Å². The van der Waals surface area contributed by atoms with E-state index in [-0.39, 0.29) is 5.41 Å². The number of aromatic nitrogens is 1. The van der Waals surface area contributed by atoms with Gasteiger partial charge in [-0.1, -0.05) is 27.7 Å². The van der Waals surface area contributed by atoms with Crippen molar-refractivity contribution in [1.82, 2.24) is 4.98 Å². The van der Waals surface area contributed by atoms with Crippen molar-refractivity contribution in [2.24, 2.45) is 0 Å². The van der Waals surface area contributed by atoms with Gasteiger partial charge in [0.05, 0.1) is 12.0 Å². The fourth-order valence-electron chi connectivity index (χ4n) is 2.44. The van der Waals surface area contributed by atoms with Crippen LogP contribution in [0.15, 0.2) is 16.7 Å². The van der Waals surface area contributed by atoms with Gasteiger partial charge in [-0.15, -0.1) is 0 Å². The lowest BCUT2D eigenvalue weighted by Crippen LogP contribution is -2.19. The van der Waals surface area contributed by atoms with Crippen molar-refractivity contribution in [3.63, 3.8) is 0 Å². The summed E-state index contributed by atoms with van der Waals surface area (Å²) in [4.78, 5) is 4.71. The van der Waals surface area contributed by atoms with Gasteiger partial charge in [0.25, 0.3) is 0 Å². The van der Waals surface area contributed by atoms with Crippen LogP contribution < -0.4 is 0 Å². The Balaban J connectivity index is 2.83. The van der Waals surface area contributed by atoms with E-state index in [0.29, 0.717) is 0 Å². The predicted octanol–water partition coefficient (Wildman–Crippen LogP) is 4.39. The van der Waals surface area contributed by atoms with E-state index in [1.807, 2.05) is 6.92 Å². The smallest absolute Gasteiger partial charge is 0.155 e. The normalized spacial score (nSPS) is 12.3. The van der Waals surface area contributed by atoms with Crippen molar-refractivity contribution in [3.8, 4) is 0 Å². The van der Waals surface area contributed by atoms with Crippen molar-refractivity contribution in [2.45, 2.75) is 52.9 Å². The van der Waals surface area contributed by atoms with E-state index in [2.05, 4.69) is 33.8 Å². The number of fused-ring (bicyclic) bond motifs is 1. The molecule has 0 bridgehead atoms. The molecule has 0 aromatic carbocycles. The molecule has 0 N–H and O–H groups in total. The second-order valence-corrected chi connectivity index (χ2v) is 5.27. The van der Waals surface area contributed by atoms with Gasteiger partial charge in [0, 0.05) is 11.1 Å². The molecule has 0 fully saturated rings. The Kier molecular flexibility index (Phi) is 2.98. The number of hydrogen-bond donors (Lipinski definition) is 0. The van der Waals surface area contributed by atoms with Gasteiger partial charge in [-0.25, -0.2) is 0 Å². The molecule has 2 heteroatoms. The first-order valence-corrected chi connectivity index (χ1v) is 6.38. The van der Waals surface area contributed by atoms with Gasteiger partial charge in [-0.3, -0.25) is 4.98 Å². The van der Waals surface area contributed by atoms with Gasteiger partial charge in [0.2, 0.25) is 0 Å². The molecule has 0 aliphatic carbocycles. The third-order valence-electron chi connectivity index (χ3n) is 3.75. The highest BCUT2D eigenvalue weighted by atomic mass is 16.3. The molecule has 0 unspecified atom stereocenters. The lowest BCUT2D eigenvalue weighted by Gasteiger charge is -2.26. The molecular weight excluding hydrogens is 210 g/mol. The minimum Gasteiger partial charge on any atom is -0.462 e. The Labute approximate surface area is 103 Å². The molecule has 2 rings (SSSR count). The standard InChI is InChI=1S/C15H21NO/c1-6-12-13(15(4,5)7-2)11-8-9-17-14(11)10(3)16-12/h8-9H,6-7H2,1-5H3. The Morgan fingerprint density at radius 1 is 1.29 bits per heavy atom. The van der Waals surface area contributed by atoms with Crippen LogP contribution in [0.5, 0.6) is 0 Å². The van der Waals surface area contributed by atoms with Crippen molar-refractivity contribution < 1.29 is 4.42 Å². The van der Waals surface area contributed by atoms with Crippen molar-refractivity contribution in [3.05, 3.63) is 29.3 Å². The first kappa shape index (κ1) is 12.2. The number of aryl methyl sites for hydroxylation is 2. The second-order valence-electron chi connectivity index (χ2n) is 5.27. The van der Waals surface area contributed by atoms with Crippen LogP contribution in [-0.4, -0.2) is 4.98 Å². The average Bonchev–Trinajstić information content (AvgIpc) is 2.77. The molecule has 0 aliphatic rings. The maximum absolute atomic E-state index is 5.57. The first-order chi connectivity index (χ1) is 8.01. The van der Waals surface area contributed by atoms with Crippen molar-refractivity contribution >= 4 is 11.0 Å². The molecule has 0 saturated heterocycles. The summed E-state index contributed by atoms with van der Waals surface area (Å²) in [6, 6.07) is 2.08. The monoisotopic (exact) mass is 231 g/mol. The minimum atomic E-state index is 0.147. The first-order valence-electron chi connectivity index (χ1n) is 6.38. The molecular formula is C15H21NO. The zero-order valence-corrected chi connectivity index (χ0v) is 11.4. The molecule has 0 saturated carbocycles. The van der Waals surface area contributed by atoms with E-state index < -0.39 is 0 Å². The third kappa shape index (κ3) is 1.86. The van der Waals surface area contributed by atoms with E-state index in [4.69, 9.17) is 9.40 Å². The maximum atomic E-state index is 5.57. The van der Waals surface area contributed by atoms with Gasteiger partial charge in [0.1, 0.15) is 0 Å². The number of rotatable bonds is 3. The summed E-state index contributed by atoms with van der Waals surface area (Å²) in [5.74, 6) is 0. The summed E-state index contributed by atoms with van der Waals surface area (Å²) in [5.41, 5.74) is 4.66. The number of nitrogens with zero attached hydrogens (tertiary/aromatic N) is 1. The quantitative estimate of drug-likeness (QED) is 0.783. The summed E-state index contributed by atoms with van der Waals surface area (Å²) >= 11 is 0. The molecule has 92 valence electrons. The lowest BCUT2D eigenvalue weighted by molar-refractivity contribution is 0.502. The minimum absolute atomic E-state index is 0.147. The molecule has 0 radical (unpaired) electrons. The fourth-order valence-corrected chi connectivity index (χ4v) is 2.44. The lowest BCUT2D eigenvalue weighted by atomic mass is 9.79. The van der Waals surface area contributed by atoms with E-state index in [0.717, 1.165) is 24.1 Å². The highest BCUT2D eigenvalue weighted by molar-refractivity contribution is 5.84. The molecule has 2 aromatic rings. The molecule has 0 spiro atoms. The van der Waals surface area contributed by atoms with E-state index in [9.17, 15) is 0 Å². The van der Waals surface area contributed by atoms with Gasteiger partial charge < -0.3 is 4.42 Å². The van der Waals surface area contributed by atoms with Crippen LogP contribution >= 0.6 is 0 Å². The molecule has 0 amide bonds. The maximum Gasteiger partial charge on any atom is 0.155 e. The third-order valence-corrected chi connectivity index (χ3v) is 3.75. The molecule has 0 atom stereocenters. The average molecular weight is 231 g/mol. The summed E-state index contributed by atoms with van der Waals surface area (Å²) in [6.07, 6.45) is 3.85. The second kappa shape index (κ2) is 4.17. The number of hydrogen-bond acceptors (Lipinski definition) is 2. The van der Waals surface area contributed by atoms with Crippen LogP contribution in [0.3, 0.4) is 0 Å². The summed E-state index contributed by atoms with van der Waals surface area (Å²) in [7, 11) is 0. The highest BCUT2D eigenvalue weighted by Gasteiger charge is 2.26. The van der Waals surface area contributed by atoms with Crippen LogP contribution in [-0.2, 0) is 11.8 Å². The largest absolute Gasteiger partial charge is 0.462 e. The van der Waals surface area contributed by atoms with E-state index in [1.165, 1.54) is 16.6 Å². The Bertz CT molecular complexity index is 537. The molecule has 17 heavy (non-hydrogen) atoms. The summed E-state index contributed by atoms with van der Waals surface area (Å²) in [5, 5.41) is 1.24. The molecule has 0 aliphatic heterocycles. The Morgan fingerprint density at radius 3 is 2.59 bits per heavy atom. The van der Waals surface area contributed by atoms with Crippen LogP contribution in [0.2, 0.25) is 0 Å². The van der Waals surface area contributed by atoms with Crippen LogP contribution in [0, 0.1) is 6.92 Å². The van der Waals surface area contributed by atoms with Gasteiger partial charge in [-0.05, 0) is 36.8 Å². The zero-order valence-electron chi connectivity index (χ0n) is 11.4. The summed E-state index contributed by atoms with van der Waals surface area (Å²) < 4.78 is 5.57. The number of pyridine rings is 1. The van der Waals surface area contributed by atoms with E-state index in [1.54, 1.807) is 6.26 Å². The summed E-state index contributed by atoms with van der Waals surface area (Å²) in [6.45, 7) is 11.0. The highest BCUT2D eigenvalue weighted by Crippen LogP contribution is 2.36. The van der Waals surface area contributed by atoms with Gasteiger partial charge >= 0.3 is 0 Å². The Morgan fingerprint density at radius 2 is 2.00 bits per heavy atom. The van der Waals surface area contributed by atoms with Crippen molar-refractivity contribution in [2.75, 3.05) is 0 Å². The van der Waals surface area contributed by atoms with Gasteiger partial charge in [0.15, 0.2) is 5.58 Å². The predicted molar refractivity (Wildman–Crippen MR) is 71.4 cm³/mol. The van der Waals surface area contributed by atoms with Crippen LogP contribution in [0.1, 0.15) is 51.1 Å². The van der Waals surface area contributed by atoms with Crippen molar-refractivity contribution in [1.29, 1.82) is 0 Å². The van der Waals surface area contributed by atoms with Crippen LogP contribution in [0.4, 0.5) is 0 Å². The zero-order chi connectivity index (χ0) is 12.6. The Hall–Kier alpha value is -1.31. The van der Waals surface area contributed by atoms with E-state index >= 15 is 0 Å². The fraction of sp³-hybridized carbons (Fsp3) is 0.533. The number of furan rings is 1.